The number of pyridine rings is 1. The Morgan fingerprint density at radius 2 is 1.90 bits per heavy atom. The van der Waals surface area contributed by atoms with Crippen LogP contribution < -0.4 is 0 Å². The minimum absolute atomic E-state index is 0.211. The number of esters is 1. The number of halogens is 2. The maximum atomic E-state index is 12.1. The average Bonchev–Trinajstić information content (AvgIpc) is 2.63. The summed E-state index contributed by atoms with van der Waals surface area (Å²) in [5, 5.41) is 10.0. The monoisotopic (exact) mass is 463 g/mol. The van der Waals surface area contributed by atoms with Gasteiger partial charge in [-0.3, -0.25) is 9.78 Å². The molecule has 0 spiro atoms. The van der Waals surface area contributed by atoms with Crippen LogP contribution in [-0.4, -0.2) is 28.3 Å². The van der Waals surface area contributed by atoms with E-state index in [4.69, 9.17) is 33.0 Å². The summed E-state index contributed by atoms with van der Waals surface area (Å²) in [6.07, 6.45) is 7.31. The molecule has 1 N–H and O–H groups in total. The predicted octanol–water partition coefficient (Wildman–Crippen LogP) is 6.62. The summed E-state index contributed by atoms with van der Waals surface area (Å²) in [6, 6.07) is 5.99. The Bertz CT molecular complexity index is 980. The molecule has 1 heterocycles. The van der Waals surface area contributed by atoms with Crippen LogP contribution in [0.3, 0.4) is 0 Å². The molecule has 0 atom stereocenters. The largest absolute Gasteiger partial charge is 0.466 e. The number of aryl methyl sites for hydroxylation is 2. The van der Waals surface area contributed by atoms with Gasteiger partial charge in [-0.1, -0.05) is 41.4 Å². The number of allylic oxidation sites excluding steroid dienone is 4. The smallest absolute Gasteiger partial charge is 0.310 e. The normalized spacial score (nSPS) is 12.4. The SMILES string of the molecule is CC(C)(C)O.CCOC(=O)Cc1c(C)cc2nc(C)ccc2c1/C=C/C=C(Cl)\C=C\Cl. The summed E-state index contributed by atoms with van der Waals surface area (Å²) >= 11 is 11.6. The van der Waals surface area contributed by atoms with Crippen LogP contribution in [0.1, 0.15) is 50.1 Å². The molecule has 0 bridgehead atoms. The molecule has 0 amide bonds. The number of hydrogen-bond donors (Lipinski definition) is 1. The number of aromatic nitrogens is 1. The molecular formula is C25H31Cl2NO3. The van der Waals surface area contributed by atoms with Gasteiger partial charge in [-0.15, -0.1) is 0 Å². The molecule has 0 saturated carbocycles. The van der Waals surface area contributed by atoms with Crippen LogP contribution in [-0.2, 0) is 16.0 Å². The topological polar surface area (TPSA) is 59.4 Å². The highest BCUT2D eigenvalue weighted by Crippen LogP contribution is 2.27. The number of carbonyl (C=O) groups is 1. The Hall–Kier alpha value is -2.14. The van der Waals surface area contributed by atoms with Gasteiger partial charge >= 0.3 is 5.97 Å². The van der Waals surface area contributed by atoms with Crippen molar-refractivity contribution in [3.8, 4) is 0 Å². The minimum Gasteiger partial charge on any atom is -0.466 e. The summed E-state index contributed by atoms with van der Waals surface area (Å²) < 4.78 is 5.13. The second-order valence-electron chi connectivity index (χ2n) is 7.96. The summed E-state index contributed by atoms with van der Waals surface area (Å²) in [6.45, 7) is 11.3. The fourth-order valence-corrected chi connectivity index (χ4v) is 3.05. The molecule has 0 aliphatic rings. The number of benzene rings is 1. The highest BCUT2D eigenvalue weighted by Gasteiger charge is 2.14. The second kappa shape index (κ2) is 12.7. The van der Waals surface area contributed by atoms with Gasteiger partial charge in [0, 0.05) is 21.6 Å². The van der Waals surface area contributed by atoms with Crippen molar-refractivity contribution in [1.29, 1.82) is 0 Å². The van der Waals surface area contributed by atoms with E-state index < -0.39 is 5.60 Å². The first kappa shape index (κ1) is 26.9. The van der Waals surface area contributed by atoms with Crippen LogP contribution in [0.25, 0.3) is 17.0 Å². The van der Waals surface area contributed by atoms with Gasteiger partial charge in [-0.05, 0) is 82.5 Å². The zero-order valence-electron chi connectivity index (χ0n) is 19.0. The van der Waals surface area contributed by atoms with Crippen molar-refractivity contribution in [3.05, 3.63) is 69.4 Å². The lowest BCUT2D eigenvalue weighted by atomic mass is 9.94. The Balaban J connectivity index is 0.000000861. The Morgan fingerprint density at radius 3 is 2.48 bits per heavy atom. The van der Waals surface area contributed by atoms with Gasteiger partial charge in [0.05, 0.1) is 24.1 Å². The molecule has 4 nitrogen and oxygen atoms in total. The molecule has 0 radical (unpaired) electrons. The molecule has 0 unspecified atom stereocenters. The summed E-state index contributed by atoms with van der Waals surface area (Å²) in [4.78, 5) is 16.7. The van der Waals surface area contributed by atoms with E-state index in [-0.39, 0.29) is 12.4 Å². The molecule has 2 aromatic rings. The van der Waals surface area contributed by atoms with Crippen LogP contribution in [0.5, 0.6) is 0 Å². The molecule has 0 aliphatic carbocycles. The molecule has 168 valence electrons. The maximum Gasteiger partial charge on any atom is 0.310 e. The zero-order valence-corrected chi connectivity index (χ0v) is 20.5. The van der Waals surface area contributed by atoms with E-state index in [1.165, 1.54) is 5.54 Å². The van der Waals surface area contributed by atoms with E-state index in [0.29, 0.717) is 11.6 Å². The molecular weight excluding hydrogens is 433 g/mol. The first-order valence-electron chi connectivity index (χ1n) is 10.0. The van der Waals surface area contributed by atoms with Crippen molar-refractivity contribution in [2.24, 2.45) is 0 Å². The van der Waals surface area contributed by atoms with E-state index in [1.54, 1.807) is 39.8 Å². The fourth-order valence-electron chi connectivity index (χ4n) is 2.72. The Kier molecular flexibility index (Phi) is 11.0. The number of hydrogen-bond acceptors (Lipinski definition) is 4. The van der Waals surface area contributed by atoms with Crippen molar-refractivity contribution in [2.75, 3.05) is 6.61 Å². The predicted molar refractivity (Wildman–Crippen MR) is 131 cm³/mol. The van der Waals surface area contributed by atoms with Crippen molar-refractivity contribution >= 4 is 46.2 Å². The van der Waals surface area contributed by atoms with Gasteiger partial charge in [-0.25, -0.2) is 0 Å². The number of aliphatic hydroxyl groups is 1. The highest BCUT2D eigenvalue weighted by atomic mass is 35.5. The van der Waals surface area contributed by atoms with E-state index in [9.17, 15) is 4.79 Å². The van der Waals surface area contributed by atoms with Gasteiger partial charge in [0.2, 0.25) is 0 Å². The Labute approximate surface area is 195 Å². The van der Waals surface area contributed by atoms with Gasteiger partial charge < -0.3 is 9.84 Å². The molecule has 1 aromatic heterocycles. The van der Waals surface area contributed by atoms with Gasteiger partial charge in [0.1, 0.15) is 0 Å². The van der Waals surface area contributed by atoms with Crippen molar-refractivity contribution < 1.29 is 14.6 Å². The third-order valence-corrected chi connectivity index (χ3v) is 4.25. The van der Waals surface area contributed by atoms with Gasteiger partial charge in [0.25, 0.3) is 0 Å². The number of nitrogens with zero attached hydrogens (tertiary/aromatic N) is 1. The van der Waals surface area contributed by atoms with E-state index >= 15 is 0 Å². The lowest BCUT2D eigenvalue weighted by molar-refractivity contribution is -0.142. The molecule has 0 saturated heterocycles. The lowest BCUT2D eigenvalue weighted by Gasteiger charge is -2.13. The quantitative estimate of drug-likeness (QED) is 0.385. The molecule has 1 aromatic carbocycles. The summed E-state index contributed by atoms with van der Waals surface area (Å²) in [5.74, 6) is -0.247. The average molecular weight is 464 g/mol. The molecule has 2 rings (SSSR count). The van der Waals surface area contributed by atoms with Gasteiger partial charge in [0.15, 0.2) is 0 Å². The van der Waals surface area contributed by atoms with Crippen molar-refractivity contribution in [2.45, 2.75) is 53.6 Å². The lowest BCUT2D eigenvalue weighted by Crippen LogP contribution is -2.10. The van der Waals surface area contributed by atoms with E-state index in [1.807, 2.05) is 44.2 Å². The molecule has 0 fully saturated rings. The Morgan fingerprint density at radius 1 is 1.26 bits per heavy atom. The van der Waals surface area contributed by atoms with E-state index in [2.05, 4.69) is 4.98 Å². The second-order valence-corrected chi connectivity index (χ2v) is 8.65. The first-order valence-corrected chi connectivity index (χ1v) is 10.9. The first-order chi connectivity index (χ1) is 14.5. The third-order valence-electron chi connectivity index (χ3n) is 3.88. The maximum absolute atomic E-state index is 12.1. The van der Waals surface area contributed by atoms with Crippen LogP contribution in [0.15, 0.2) is 47.0 Å². The van der Waals surface area contributed by atoms with E-state index in [0.717, 1.165) is 33.3 Å². The zero-order chi connectivity index (χ0) is 23.6. The molecule has 0 aliphatic heterocycles. The number of carbonyl (C=O) groups excluding carboxylic acids is 1. The molecule has 31 heavy (non-hydrogen) atoms. The van der Waals surface area contributed by atoms with Crippen LogP contribution in [0.2, 0.25) is 0 Å². The van der Waals surface area contributed by atoms with Crippen LogP contribution in [0.4, 0.5) is 0 Å². The summed E-state index contributed by atoms with van der Waals surface area (Å²) in [5.41, 5.74) is 5.56. The number of rotatable bonds is 6. The number of ether oxygens (including phenoxy) is 1. The van der Waals surface area contributed by atoms with Crippen LogP contribution >= 0.6 is 23.2 Å². The minimum atomic E-state index is -0.500. The third kappa shape index (κ3) is 10.1. The molecule has 6 heteroatoms. The highest BCUT2D eigenvalue weighted by molar-refractivity contribution is 6.33. The van der Waals surface area contributed by atoms with Crippen LogP contribution in [0, 0.1) is 13.8 Å². The van der Waals surface area contributed by atoms with Crippen molar-refractivity contribution in [1.82, 2.24) is 4.98 Å². The number of fused-ring (bicyclic) bond motifs is 1. The fraction of sp³-hybridized carbons (Fsp3) is 0.360. The standard InChI is InChI=1S/C21H21Cl2NO2.C4H10O/c1-4-26-21(25)13-19-14(2)12-20-18(9-8-15(3)24-20)17(19)7-5-6-16(23)10-11-22;1-4(2,3)5/h5-12H,4,13H2,1-3H3;5H,1-3H3/b7-5+,11-10+,16-6+;. The van der Waals surface area contributed by atoms with Gasteiger partial charge in [-0.2, -0.15) is 0 Å². The summed E-state index contributed by atoms with van der Waals surface area (Å²) in [7, 11) is 0. The van der Waals surface area contributed by atoms with Crippen molar-refractivity contribution in [3.63, 3.8) is 0 Å².